The predicted molar refractivity (Wildman–Crippen MR) is 78.7 cm³/mol. The Morgan fingerprint density at radius 1 is 1.48 bits per heavy atom. The molecule has 0 radical (unpaired) electrons. The molecule has 1 saturated heterocycles. The Morgan fingerprint density at radius 3 is 3.13 bits per heavy atom. The molecule has 9 heteroatoms. The van der Waals surface area contributed by atoms with Gasteiger partial charge in [0.25, 0.3) is 5.56 Å². The standard InChI is InChI=1S/C14H18N6O3/c1-8-10(14(22)17-16-8)4-13(21)19-3-2-12-11(6-19)20-9(7-23-12)5-15-18-20/h5,11-12H,2-4,6-7H2,1H3,(H2,16,17,22)/t11-,12+/m0/s1. The zero-order valence-corrected chi connectivity index (χ0v) is 12.8. The van der Waals surface area contributed by atoms with Crippen LogP contribution in [-0.2, 0) is 22.6 Å². The molecule has 2 atom stereocenters. The van der Waals surface area contributed by atoms with Crippen molar-refractivity contribution in [2.24, 2.45) is 0 Å². The summed E-state index contributed by atoms with van der Waals surface area (Å²) in [6, 6.07) is -0.00967. The fourth-order valence-electron chi connectivity index (χ4n) is 3.35. The molecule has 0 aliphatic carbocycles. The number of rotatable bonds is 2. The maximum atomic E-state index is 12.6. The number of likely N-dealkylation sites (tertiary alicyclic amines) is 1. The third kappa shape index (κ3) is 2.37. The fraction of sp³-hybridized carbons (Fsp3) is 0.571. The first-order valence-corrected chi connectivity index (χ1v) is 7.68. The molecule has 2 aliphatic rings. The lowest BCUT2D eigenvalue weighted by Gasteiger charge is -2.41. The number of nitrogens with one attached hydrogen (secondary N) is 2. The van der Waals surface area contributed by atoms with E-state index in [4.69, 9.17) is 4.74 Å². The van der Waals surface area contributed by atoms with Crippen LogP contribution in [-0.4, -0.2) is 55.2 Å². The Morgan fingerprint density at radius 2 is 2.35 bits per heavy atom. The highest BCUT2D eigenvalue weighted by Gasteiger charge is 2.37. The van der Waals surface area contributed by atoms with Crippen LogP contribution in [0.4, 0.5) is 0 Å². The van der Waals surface area contributed by atoms with Crippen LogP contribution in [0.5, 0.6) is 0 Å². The summed E-state index contributed by atoms with van der Waals surface area (Å²) < 4.78 is 7.70. The van der Waals surface area contributed by atoms with E-state index in [1.807, 2.05) is 4.68 Å². The Bertz CT molecular complexity index is 791. The Kier molecular flexibility index (Phi) is 3.29. The lowest BCUT2D eigenvalue weighted by atomic mass is 9.99. The number of fused-ring (bicyclic) bond motifs is 3. The minimum absolute atomic E-state index is 0.00967. The SMILES string of the molecule is Cc1[nH][nH]c(=O)c1CC(=O)N1CC[C@H]2OCc3cnnn3[C@H]2C1. The number of nitrogens with zero attached hydrogens (tertiary/aromatic N) is 4. The average molecular weight is 318 g/mol. The zero-order valence-electron chi connectivity index (χ0n) is 12.8. The lowest BCUT2D eigenvalue weighted by Crippen LogP contribution is -2.50. The van der Waals surface area contributed by atoms with Gasteiger partial charge in [0.15, 0.2) is 0 Å². The van der Waals surface area contributed by atoms with Crippen molar-refractivity contribution in [2.75, 3.05) is 13.1 Å². The van der Waals surface area contributed by atoms with E-state index in [0.29, 0.717) is 31.0 Å². The van der Waals surface area contributed by atoms with Crippen molar-refractivity contribution < 1.29 is 9.53 Å². The summed E-state index contributed by atoms with van der Waals surface area (Å²) in [7, 11) is 0. The van der Waals surface area contributed by atoms with Crippen LogP contribution in [0, 0.1) is 6.92 Å². The quantitative estimate of drug-likeness (QED) is 0.777. The number of amides is 1. The average Bonchev–Trinajstić information content (AvgIpc) is 3.16. The maximum absolute atomic E-state index is 12.6. The molecule has 2 aliphatic heterocycles. The van der Waals surface area contributed by atoms with Crippen molar-refractivity contribution >= 4 is 5.91 Å². The molecule has 122 valence electrons. The molecule has 9 nitrogen and oxygen atoms in total. The summed E-state index contributed by atoms with van der Waals surface area (Å²) in [5.74, 6) is -0.0520. The molecule has 4 heterocycles. The van der Waals surface area contributed by atoms with E-state index in [1.54, 1.807) is 18.0 Å². The number of piperidine rings is 1. The van der Waals surface area contributed by atoms with Crippen LogP contribution < -0.4 is 5.56 Å². The monoisotopic (exact) mass is 318 g/mol. The van der Waals surface area contributed by atoms with E-state index in [-0.39, 0.29) is 30.0 Å². The maximum Gasteiger partial charge on any atom is 0.267 e. The summed E-state index contributed by atoms with van der Waals surface area (Å²) in [5.41, 5.74) is 1.90. The summed E-state index contributed by atoms with van der Waals surface area (Å²) in [4.78, 5) is 26.1. The van der Waals surface area contributed by atoms with Crippen LogP contribution >= 0.6 is 0 Å². The summed E-state index contributed by atoms with van der Waals surface area (Å²) >= 11 is 0. The lowest BCUT2D eigenvalue weighted by molar-refractivity contribution is -0.137. The zero-order chi connectivity index (χ0) is 16.0. The summed E-state index contributed by atoms with van der Waals surface area (Å²) in [6.07, 6.45) is 2.62. The number of carbonyl (C=O) groups is 1. The Balaban J connectivity index is 1.51. The fourth-order valence-corrected chi connectivity index (χ4v) is 3.35. The number of carbonyl (C=O) groups excluding carboxylic acids is 1. The molecule has 0 bridgehead atoms. The first kappa shape index (κ1) is 14.2. The van der Waals surface area contributed by atoms with Gasteiger partial charge in [-0.05, 0) is 13.3 Å². The van der Waals surface area contributed by atoms with Crippen LogP contribution in [0.2, 0.25) is 0 Å². The number of H-pyrrole nitrogens is 2. The van der Waals surface area contributed by atoms with Gasteiger partial charge in [-0.15, -0.1) is 5.10 Å². The summed E-state index contributed by atoms with van der Waals surface area (Å²) in [5, 5.41) is 13.3. The molecule has 2 N–H and O–H groups in total. The predicted octanol–water partition coefficient (Wildman–Crippen LogP) is -0.482. The van der Waals surface area contributed by atoms with Crippen molar-refractivity contribution in [3.63, 3.8) is 0 Å². The molecule has 0 spiro atoms. The van der Waals surface area contributed by atoms with E-state index in [1.165, 1.54) is 0 Å². The van der Waals surface area contributed by atoms with Crippen LogP contribution in [0.3, 0.4) is 0 Å². The highest BCUT2D eigenvalue weighted by atomic mass is 16.5. The number of hydrogen-bond acceptors (Lipinski definition) is 5. The van der Waals surface area contributed by atoms with Crippen molar-refractivity contribution in [3.8, 4) is 0 Å². The third-order valence-electron chi connectivity index (χ3n) is 4.70. The van der Waals surface area contributed by atoms with Gasteiger partial charge in [0, 0.05) is 24.3 Å². The van der Waals surface area contributed by atoms with Gasteiger partial charge in [-0.25, -0.2) is 4.68 Å². The van der Waals surface area contributed by atoms with Crippen molar-refractivity contribution in [1.82, 2.24) is 30.1 Å². The largest absolute Gasteiger partial charge is 0.370 e. The first-order valence-electron chi connectivity index (χ1n) is 7.68. The summed E-state index contributed by atoms with van der Waals surface area (Å²) in [6.45, 7) is 3.45. The van der Waals surface area contributed by atoms with Gasteiger partial charge in [-0.1, -0.05) is 5.21 Å². The van der Waals surface area contributed by atoms with E-state index in [0.717, 1.165) is 12.1 Å². The number of aromatic amines is 2. The highest BCUT2D eigenvalue weighted by molar-refractivity contribution is 5.79. The molecule has 0 unspecified atom stereocenters. The highest BCUT2D eigenvalue weighted by Crippen LogP contribution is 2.30. The molecule has 1 fully saturated rings. The van der Waals surface area contributed by atoms with Crippen LogP contribution in [0.25, 0.3) is 0 Å². The minimum atomic E-state index is -0.231. The first-order chi connectivity index (χ1) is 11.1. The smallest absolute Gasteiger partial charge is 0.267 e. The Labute approximate surface area is 131 Å². The molecular weight excluding hydrogens is 300 g/mol. The van der Waals surface area contributed by atoms with Gasteiger partial charge in [0.2, 0.25) is 5.91 Å². The second-order valence-corrected chi connectivity index (χ2v) is 6.07. The van der Waals surface area contributed by atoms with Gasteiger partial charge in [-0.2, -0.15) is 0 Å². The van der Waals surface area contributed by atoms with E-state index >= 15 is 0 Å². The van der Waals surface area contributed by atoms with Gasteiger partial charge in [0.05, 0.1) is 37.1 Å². The second kappa shape index (κ2) is 5.34. The number of aromatic nitrogens is 5. The van der Waals surface area contributed by atoms with Gasteiger partial charge in [-0.3, -0.25) is 14.7 Å². The number of hydrogen-bond donors (Lipinski definition) is 2. The molecule has 2 aromatic heterocycles. The van der Waals surface area contributed by atoms with Crippen molar-refractivity contribution in [2.45, 2.75) is 38.5 Å². The van der Waals surface area contributed by atoms with Gasteiger partial charge >= 0.3 is 0 Å². The third-order valence-corrected chi connectivity index (χ3v) is 4.70. The molecule has 0 saturated carbocycles. The van der Waals surface area contributed by atoms with Crippen LogP contribution in [0.1, 0.15) is 29.4 Å². The molecular formula is C14H18N6O3. The molecule has 0 aromatic carbocycles. The Hall–Kier alpha value is -2.42. The minimum Gasteiger partial charge on any atom is -0.370 e. The molecule has 4 rings (SSSR count). The number of aryl methyl sites for hydroxylation is 1. The molecule has 1 amide bonds. The van der Waals surface area contributed by atoms with E-state index in [2.05, 4.69) is 20.5 Å². The molecule has 23 heavy (non-hydrogen) atoms. The van der Waals surface area contributed by atoms with Gasteiger partial charge in [0.1, 0.15) is 0 Å². The molecule has 2 aromatic rings. The van der Waals surface area contributed by atoms with E-state index in [9.17, 15) is 9.59 Å². The second-order valence-electron chi connectivity index (χ2n) is 6.07. The van der Waals surface area contributed by atoms with Crippen molar-refractivity contribution in [3.05, 3.63) is 33.5 Å². The van der Waals surface area contributed by atoms with Crippen LogP contribution in [0.15, 0.2) is 11.0 Å². The normalized spacial score (nSPS) is 23.4. The van der Waals surface area contributed by atoms with Gasteiger partial charge < -0.3 is 14.7 Å². The van der Waals surface area contributed by atoms with E-state index < -0.39 is 0 Å². The topological polar surface area (TPSA) is 109 Å². The van der Waals surface area contributed by atoms with Crippen molar-refractivity contribution in [1.29, 1.82) is 0 Å². The number of ether oxygens (including phenoxy) is 1.